The van der Waals surface area contributed by atoms with Gasteiger partial charge in [0.2, 0.25) is 0 Å². The van der Waals surface area contributed by atoms with E-state index in [4.69, 9.17) is 18.6 Å². The Morgan fingerprint density at radius 1 is 0.897 bits per heavy atom. The van der Waals surface area contributed by atoms with Crippen LogP contribution in [0, 0.1) is 13.8 Å². The molecular weight excluding hydrogens is 498 g/mol. The van der Waals surface area contributed by atoms with Crippen LogP contribution >= 0.6 is 0 Å². The number of rotatable bonds is 11. The zero-order chi connectivity index (χ0) is 27.8. The van der Waals surface area contributed by atoms with Gasteiger partial charge in [-0.15, -0.1) is 0 Å². The van der Waals surface area contributed by atoms with Crippen LogP contribution in [0.1, 0.15) is 47.1 Å². The molecule has 1 amide bonds. The molecule has 4 aromatic rings. The van der Waals surface area contributed by atoms with Gasteiger partial charge in [0.05, 0.1) is 12.3 Å². The maximum Gasteiger partial charge on any atom is 0.344 e. The first-order chi connectivity index (χ1) is 18.8. The molecule has 0 unspecified atom stereocenters. The van der Waals surface area contributed by atoms with Gasteiger partial charge in [0, 0.05) is 17.1 Å². The van der Waals surface area contributed by atoms with Gasteiger partial charge in [-0.25, -0.2) is 10.2 Å². The predicted octanol–water partition coefficient (Wildman–Crippen LogP) is 5.36. The van der Waals surface area contributed by atoms with Gasteiger partial charge >= 0.3 is 11.9 Å². The lowest BCUT2D eigenvalue weighted by atomic mass is 10.2. The molecule has 0 radical (unpaired) electrons. The van der Waals surface area contributed by atoms with E-state index in [0.717, 1.165) is 22.6 Å². The minimum Gasteiger partial charge on any atom is -0.486 e. The molecule has 4 rings (SSSR count). The van der Waals surface area contributed by atoms with Crippen LogP contribution in [0.4, 0.5) is 0 Å². The van der Waals surface area contributed by atoms with E-state index in [0.29, 0.717) is 17.3 Å². The molecule has 1 N–H and O–H groups in total. The third kappa shape index (κ3) is 7.61. The lowest BCUT2D eigenvalue weighted by Crippen LogP contribution is -2.18. The number of carbonyl (C=O) groups is 2. The molecule has 0 atom stereocenters. The predicted molar refractivity (Wildman–Crippen MR) is 147 cm³/mol. The van der Waals surface area contributed by atoms with E-state index >= 15 is 0 Å². The average molecular weight is 530 g/mol. The van der Waals surface area contributed by atoms with Crippen LogP contribution in [0.25, 0.3) is 5.69 Å². The van der Waals surface area contributed by atoms with Gasteiger partial charge in [-0.3, -0.25) is 4.79 Å². The smallest absolute Gasteiger partial charge is 0.344 e. The van der Waals surface area contributed by atoms with Crippen molar-refractivity contribution in [2.45, 2.75) is 40.4 Å². The number of nitrogens with one attached hydrogen (secondary N) is 1. The van der Waals surface area contributed by atoms with Crippen molar-refractivity contribution in [3.05, 3.63) is 101 Å². The number of aryl methyl sites for hydroxylation is 2. The second-order valence-corrected chi connectivity index (χ2v) is 9.10. The van der Waals surface area contributed by atoms with Crippen LogP contribution in [0.3, 0.4) is 0 Å². The van der Waals surface area contributed by atoms with E-state index in [9.17, 15) is 9.59 Å². The Morgan fingerprint density at radius 3 is 2.21 bits per heavy atom. The lowest BCUT2D eigenvalue weighted by Gasteiger charge is -2.10. The Hall–Kier alpha value is -4.79. The maximum absolute atomic E-state index is 12.4. The molecule has 0 fully saturated rings. The fraction of sp³-hybridized carbons (Fsp3) is 0.233. The summed E-state index contributed by atoms with van der Waals surface area (Å²) in [4.78, 5) is 23.9. The number of esters is 1. The number of hydrogen-bond donors (Lipinski definition) is 1. The summed E-state index contributed by atoms with van der Waals surface area (Å²) in [6, 6.07) is 22.1. The highest BCUT2D eigenvalue weighted by Crippen LogP contribution is 2.21. The Balaban J connectivity index is 1.23. The quantitative estimate of drug-likeness (QED) is 0.159. The molecule has 0 aliphatic carbocycles. The minimum absolute atomic E-state index is 0.122. The molecule has 0 saturated heterocycles. The van der Waals surface area contributed by atoms with Crippen LogP contribution in [0.5, 0.6) is 11.5 Å². The van der Waals surface area contributed by atoms with Crippen molar-refractivity contribution in [2.75, 3.05) is 6.61 Å². The van der Waals surface area contributed by atoms with Crippen molar-refractivity contribution in [3.63, 3.8) is 0 Å². The number of aromatic nitrogens is 1. The molecule has 0 aliphatic rings. The SMILES string of the molecule is Cc1ccc(C)n1-c1ccc(OCc2ccc(C(=O)N/N=C/c3ccc(OCC(=O)OC(C)C)cc3)o2)cc1. The molecule has 2 heterocycles. The van der Waals surface area contributed by atoms with Crippen molar-refractivity contribution < 1.29 is 28.2 Å². The van der Waals surface area contributed by atoms with Crippen LogP contribution in [0.2, 0.25) is 0 Å². The number of benzene rings is 2. The number of hydrogen-bond acceptors (Lipinski definition) is 7. The van der Waals surface area contributed by atoms with E-state index in [1.54, 1.807) is 50.2 Å². The first-order valence-electron chi connectivity index (χ1n) is 12.5. The molecule has 9 nitrogen and oxygen atoms in total. The van der Waals surface area contributed by atoms with Gasteiger partial charge in [0.1, 0.15) is 23.9 Å². The monoisotopic (exact) mass is 529 g/mol. The van der Waals surface area contributed by atoms with E-state index in [1.165, 1.54) is 6.21 Å². The van der Waals surface area contributed by atoms with Crippen molar-refractivity contribution in [1.82, 2.24) is 9.99 Å². The van der Waals surface area contributed by atoms with Gasteiger partial charge in [-0.2, -0.15) is 5.10 Å². The highest BCUT2D eigenvalue weighted by atomic mass is 16.6. The Bertz CT molecular complexity index is 1410. The molecular formula is C30H31N3O6. The summed E-state index contributed by atoms with van der Waals surface area (Å²) in [6.07, 6.45) is 1.30. The lowest BCUT2D eigenvalue weighted by molar-refractivity contribution is -0.149. The Labute approximate surface area is 227 Å². The maximum atomic E-state index is 12.4. The summed E-state index contributed by atoms with van der Waals surface area (Å²) >= 11 is 0. The number of furan rings is 1. The molecule has 0 bridgehead atoms. The van der Waals surface area contributed by atoms with E-state index in [2.05, 4.69) is 41.1 Å². The van der Waals surface area contributed by atoms with Crippen molar-refractivity contribution in [1.29, 1.82) is 0 Å². The van der Waals surface area contributed by atoms with Crippen LogP contribution in [-0.2, 0) is 16.1 Å². The molecule has 0 spiro atoms. The summed E-state index contributed by atoms with van der Waals surface area (Å²) in [5.74, 6) is 0.931. The standard InChI is InChI=1S/C30H31N3O6/c1-20(2)38-29(34)19-37-25-11-7-23(8-12-25)17-31-32-30(35)28-16-15-27(39-28)18-36-26-13-9-24(10-14-26)33-21(3)5-6-22(33)4/h5-17,20H,18-19H2,1-4H3,(H,32,35)/b31-17+. The van der Waals surface area contributed by atoms with Crippen LogP contribution in [0.15, 0.2) is 82.3 Å². The summed E-state index contributed by atoms with van der Waals surface area (Å²) < 4.78 is 24.0. The van der Waals surface area contributed by atoms with Crippen molar-refractivity contribution in [2.24, 2.45) is 5.10 Å². The zero-order valence-corrected chi connectivity index (χ0v) is 22.3. The highest BCUT2D eigenvalue weighted by molar-refractivity contribution is 5.92. The number of ether oxygens (including phenoxy) is 3. The number of hydrazone groups is 1. The van der Waals surface area contributed by atoms with E-state index < -0.39 is 11.9 Å². The fourth-order valence-corrected chi connectivity index (χ4v) is 3.81. The molecule has 2 aromatic carbocycles. The second-order valence-electron chi connectivity index (χ2n) is 9.10. The van der Waals surface area contributed by atoms with Gasteiger partial charge < -0.3 is 23.2 Å². The number of nitrogens with zero attached hydrogens (tertiary/aromatic N) is 2. The third-order valence-corrected chi connectivity index (χ3v) is 5.62. The zero-order valence-electron chi connectivity index (χ0n) is 22.3. The first-order valence-corrected chi connectivity index (χ1v) is 12.5. The third-order valence-electron chi connectivity index (χ3n) is 5.62. The summed E-state index contributed by atoms with van der Waals surface area (Å²) in [5, 5.41) is 3.97. The largest absolute Gasteiger partial charge is 0.486 e. The minimum atomic E-state index is -0.483. The molecule has 0 saturated carbocycles. The number of carbonyl (C=O) groups excluding carboxylic acids is 2. The Kier molecular flexibility index (Phi) is 8.83. The van der Waals surface area contributed by atoms with E-state index in [1.807, 2.05) is 24.3 Å². The molecule has 202 valence electrons. The Morgan fingerprint density at radius 2 is 1.54 bits per heavy atom. The first kappa shape index (κ1) is 27.3. The average Bonchev–Trinajstić information content (AvgIpc) is 3.53. The number of amides is 1. The summed E-state index contributed by atoms with van der Waals surface area (Å²) in [5.41, 5.74) is 6.56. The van der Waals surface area contributed by atoms with Gasteiger partial charge in [-0.1, -0.05) is 0 Å². The fourth-order valence-electron chi connectivity index (χ4n) is 3.81. The van der Waals surface area contributed by atoms with Gasteiger partial charge in [0.15, 0.2) is 12.4 Å². The molecule has 0 aliphatic heterocycles. The van der Waals surface area contributed by atoms with Gasteiger partial charge in [-0.05, 0) is 106 Å². The molecule has 2 aromatic heterocycles. The normalized spacial score (nSPS) is 11.1. The van der Waals surface area contributed by atoms with Crippen molar-refractivity contribution in [3.8, 4) is 17.2 Å². The summed E-state index contributed by atoms with van der Waals surface area (Å²) in [6.45, 7) is 7.70. The second kappa shape index (κ2) is 12.6. The van der Waals surface area contributed by atoms with Crippen LogP contribution in [-0.4, -0.2) is 35.4 Å². The van der Waals surface area contributed by atoms with E-state index in [-0.39, 0.29) is 25.1 Å². The van der Waals surface area contributed by atoms with Gasteiger partial charge in [0.25, 0.3) is 0 Å². The van der Waals surface area contributed by atoms with Crippen molar-refractivity contribution >= 4 is 18.1 Å². The van der Waals surface area contributed by atoms with Crippen LogP contribution < -0.4 is 14.9 Å². The topological polar surface area (TPSA) is 104 Å². The highest BCUT2D eigenvalue weighted by Gasteiger charge is 2.11. The summed E-state index contributed by atoms with van der Waals surface area (Å²) in [7, 11) is 0. The molecule has 39 heavy (non-hydrogen) atoms. The molecule has 9 heteroatoms.